The fourth-order valence-electron chi connectivity index (χ4n) is 2.94. The summed E-state index contributed by atoms with van der Waals surface area (Å²) in [6.45, 7) is 0.330. The van der Waals surface area contributed by atoms with Gasteiger partial charge in [0.25, 0.3) is 5.91 Å². The lowest BCUT2D eigenvalue weighted by molar-refractivity contribution is -0.137. The van der Waals surface area contributed by atoms with Crippen molar-refractivity contribution in [1.82, 2.24) is 5.32 Å². The zero-order valence-electron chi connectivity index (χ0n) is 15.0. The molecule has 28 heavy (non-hydrogen) atoms. The predicted molar refractivity (Wildman–Crippen MR) is 96.8 cm³/mol. The lowest BCUT2D eigenvalue weighted by atomic mass is 10.1. The number of alkyl halides is 3. The highest BCUT2D eigenvalue weighted by Gasteiger charge is 2.30. The van der Waals surface area contributed by atoms with Crippen molar-refractivity contribution in [2.24, 2.45) is 0 Å². The second-order valence-electron chi connectivity index (χ2n) is 6.38. The molecule has 0 aromatic heterocycles. The Morgan fingerprint density at radius 3 is 2.71 bits per heavy atom. The first-order valence-electron chi connectivity index (χ1n) is 8.79. The first kappa shape index (κ1) is 19.7. The summed E-state index contributed by atoms with van der Waals surface area (Å²) in [5.41, 5.74) is 0.298. The van der Waals surface area contributed by atoms with Crippen molar-refractivity contribution in [3.05, 3.63) is 59.7 Å². The molecule has 0 saturated heterocycles. The van der Waals surface area contributed by atoms with Gasteiger partial charge in [-0.25, -0.2) is 0 Å². The van der Waals surface area contributed by atoms with E-state index in [2.05, 4.69) is 5.32 Å². The van der Waals surface area contributed by atoms with Crippen LogP contribution < -0.4 is 15.0 Å². The van der Waals surface area contributed by atoms with E-state index in [0.717, 1.165) is 12.1 Å². The normalized spacial score (nSPS) is 13.7. The number of carbonyl (C=O) groups is 2. The number of halogens is 3. The van der Waals surface area contributed by atoms with E-state index in [1.165, 1.54) is 12.1 Å². The molecule has 0 radical (unpaired) electrons. The van der Waals surface area contributed by atoms with Crippen molar-refractivity contribution in [3.63, 3.8) is 0 Å². The third-order valence-electron chi connectivity index (χ3n) is 4.34. The van der Waals surface area contributed by atoms with Crippen LogP contribution >= 0.6 is 0 Å². The molecule has 0 saturated carbocycles. The number of amides is 2. The van der Waals surface area contributed by atoms with Crippen LogP contribution in [0.25, 0.3) is 0 Å². The SMILES string of the molecule is O=C(CCCN1C(=O)COc2ccccc21)NCc1cccc(C(F)(F)F)c1. The van der Waals surface area contributed by atoms with Gasteiger partial charge in [0.15, 0.2) is 6.61 Å². The largest absolute Gasteiger partial charge is 0.482 e. The van der Waals surface area contributed by atoms with Gasteiger partial charge in [-0.05, 0) is 36.2 Å². The number of hydrogen-bond donors (Lipinski definition) is 1. The molecule has 1 aliphatic heterocycles. The summed E-state index contributed by atoms with van der Waals surface area (Å²) in [4.78, 5) is 25.7. The monoisotopic (exact) mass is 392 g/mol. The molecule has 148 valence electrons. The van der Waals surface area contributed by atoms with Crippen LogP contribution in [0.15, 0.2) is 48.5 Å². The molecule has 5 nitrogen and oxygen atoms in total. The highest BCUT2D eigenvalue weighted by atomic mass is 19.4. The Hall–Kier alpha value is -3.03. The minimum Gasteiger partial charge on any atom is -0.482 e. The molecular weight excluding hydrogens is 373 g/mol. The molecule has 2 aromatic rings. The molecule has 1 aliphatic rings. The minimum absolute atomic E-state index is 0.0159. The molecule has 8 heteroatoms. The minimum atomic E-state index is -4.42. The fraction of sp³-hybridized carbons (Fsp3) is 0.300. The third-order valence-corrected chi connectivity index (χ3v) is 4.34. The maximum Gasteiger partial charge on any atom is 0.416 e. The molecule has 0 aliphatic carbocycles. The van der Waals surface area contributed by atoms with Gasteiger partial charge in [-0.15, -0.1) is 0 Å². The van der Waals surface area contributed by atoms with E-state index >= 15 is 0 Å². The van der Waals surface area contributed by atoms with Crippen LogP contribution in [-0.4, -0.2) is 25.0 Å². The maximum atomic E-state index is 12.7. The Morgan fingerprint density at radius 1 is 1.14 bits per heavy atom. The number of anilines is 1. The van der Waals surface area contributed by atoms with Gasteiger partial charge in [0.1, 0.15) is 5.75 Å². The van der Waals surface area contributed by atoms with E-state index in [-0.39, 0.29) is 31.4 Å². The molecule has 0 fully saturated rings. The number of para-hydroxylation sites is 2. The molecule has 0 bridgehead atoms. The molecular formula is C20H19F3N2O3. The maximum absolute atomic E-state index is 12.7. The second kappa shape index (κ2) is 8.33. The lowest BCUT2D eigenvalue weighted by Crippen LogP contribution is -2.39. The van der Waals surface area contributed by atoms with Gasteiger partial charge in [0.2, 0.25) is 5.91 Å². The molecule has 1 heterocycles. The van der Waals surface area contributed by atoms with Crippen LogP contribution in [0.2, 0.25) is 0 Å². The number of nitrogens with zero attached hydrogens (tertiary/aromatic N) is 1. The van der Waals surface area contributed by atoms with E-state index < -0.39 is 11.7 Å². The third kappa shape index (κ3) is 4.82. The summed E-state index contributed by atoms with van der Waals surface area (Å²) in [5.74, 6) is 0.158. The van der Waals surface area contributed by atoms with Crippen LogP contribution in [0, 0.1) is 0 Å². The zero-order valence-corrected chi connectivity index (χ0v) is 15.0. The number of fused-ring (bicyclic) bond motifs is 1. The first-order valence-corrected chi connectivity index (χ1v) is 8.79. The molecule has 2 aromatic carbocycles. The number of nitrogens with one attached hydrogen (secondary N) is 1. The van der Waals surface area contributed by atoms with Crippen LogP contribution in [-0.2, 0) is 22.3 Å². The van der Waals surface area contributed by atoms with Crippen LogP contribution in [0.3, 0.4) is 0 Å². The van der Waals surface area contributed by atoms with Gasteiger partial charge < -0.3 is 15.0 Å². The summed E-state index contributed by atoms with van der Waals surface area (Å²) in [5, 5.41) is 2.61. The summed E-state index contributed by atoms with van der Waals surface area (Å²) in [7, 11) is 0. The van der Waals surface area contributed by atoms with Gasteiger partial charge in [0, 0.05) is 19.5 Å². The quantitative estimate of drug-likeness (QED) is 0.818. The van der Waals surface area contributed by atoms with Gasteiger partial charge in [-0.1, -0.05) is 24.3 Å². The van der Waals surface area contributed by atoms with Crippen molar-refractivity contribution in [2.45, 2.75) is 25.6 Å². The Kier molecular flexibility index (Phi) is 5.87. The second-order valence-corrected chi connectivity index (χ2v) is 6.38. The Bertz CT molecular complexity index is 868. The molecule has 0 unspecified atom stereocenters. The van der Waals surface area contributed by atoms with Crippen molar-refractivity contribution >= 4 is 17.5 Å². The number of ether oxygens (including phenoxy) is 1. The summed E-state index contributed by atoms with van der Waals surface area (Å²) in [6.07, 6.45) is -3.83. The zero-order chi connectivity index (χ0) is 20.1. The topological polar surface area (TPSA) is 58.6 Å². The van der Waals surface area contributed by atoms with Crippen molar-refractivity contribution in [3.8, 4) is 5.75 Å². The Labute approximate surface area is 160 Å². The van der Waals surface area contributed by atoms with Crippen molar-refractivity contribution in [2.75, 3.05) is 18.1 Å². The summed E-state index contributed by atoms with van der Waals surface area (Å²) >= 11 is 0. The van der Waals surface area contributed by atoms with Crippen molar-refractivity contribution in [1.29, 1.82) is 0 Å². The molecule has 1 N–H and O–H groups in total. The average molecular weight is 392 g/mol. The fourth-order valence-corrected chi connectivity index (χ4v) is 2.94. The highest BCUT2D eigenvalue weighted by molar-refractivity contribution is 5.97. The Balaban J connectivity index is 1.49. The smallest absolute Gasteiger partial charge is 0.416 e. The predicted octanol–water partition coefficient (Wildman–Crippen LogP) is 3.53. The van der Waals surface area contributed by atoms with E-state index in [9.17, 15) is 22.8 Å². The highest BCUT2D eigenvalue weighted by Crippen LogP contribution is 2.31. The standard InChI is InChI=1S/C20H19F3N2O3/c21-20(22,23)15-6-3-5-14(11-15)12-24-18(26)9-4-10-25-16-7-1-2-8-17(16)28-13-19(25)27/h1-3,5-8,11H,4,9-10,12-13H2,(H,24,26). The van der Waals surface area contributed by atoms with Gasteiger partial charge >= 0.3 is 6.18 Å². The number of rotatable bonds is 6. The average Bonchev–Trinajstić information content (AvgIpc) is 2.67. The molecule has 0 atom stereocenters. The van der Waals surface area contributed by atoms with Gasteiger partial charge in [0.05, 0.1) is 11.3 Å². The van der Waals surface area contributed by atoms with Crippen LogP contribution in [0.1, 0.15) is 24.0 Å². The van der Waals surface area contributed by atoms with E-state index in [0.29, 0.717) is 30.0 Å². The lowest BCUT2D eigenvalue weighted by Gasteiger charge is -2.29. The van der Waals surface area contributed by atoms with E-state index in [4.69, 9.17) is 4.74 Å². The van der Waals surface area contributed by atoms with Gasteiger partial charge in [-0.2, -0.15) is 13.2 Å². The van der Waals surface area contributed by atoms with Crippen LogP contribution in [0.4, 0.5) is 18.9 Å². The number of benzene rings is 2. The summed E-state index contributed by atoms with van der Waals surface area (Å²) in [6, 6.07) is 12.0. The summed E-state index contributed by atoms with van der Waals surface area (Å²) < 4.78 is 43.5. The molecule has 0 spiro atoms. The number of carbonyl (C=O) groups excluding carboxylic acids is 2. The Morgan fingerprint density at radius 2 is 1.93 bits per heavy atom. The van der Waals surface area contributed by atoms with Crippen molar-refractivity contribution < 1.29 is 27.5 Å². The van der Waals surface area contributed by atoms with E-state index in [1.54, 1.807) is 23.1 Å². The molecule has 3 rings (SSSR count). The first-order chi connectivity index (χ1) is 13.3. The van der Waals surface area contributed by atoms with Gasteiger partial charge in [-0.3, -0.25) is 9.59 Å². The number of hydrogen-bond acceptors (Lipinski definition) is 3. The molecule has 2 amide bonds. The van der Waals surface area contributed by atoms with E-state index in [1.807, 2.05) is 6.07 Å². The van der Waals surface area contributed by atoms with Crippen LogP contribution in [0.5, 0.6) is 5.75 Å².